The SMILES string of the molecule is COc1ccc([C@@H](CN)N2C[C@H](C)O[C@@H](C)C2)cc1. The highest BCUT2D eigenvalue weighted by atomic mass is 16.5. The van der Waals surface area contributed by atoms with Gasteiger partial charge in [0.2, 0.25) is 0 Å². The van der Waals surface area contributed by atoms with Crippen LogP contribution < -0.4 is 10.5 Å². The van der Waals surface area contributed by atoms with Crippen LogP contribution in [-0.2, 0) is 4.74 Å². The van der Waals surface area contributed by atoms with Gasteiger partial charge < -0.3 is 15.2 Å². The van der Waals surface area contributed by atoms with Crippen LogP contribution in [0.25, 0.3) is 0 Å². The zero-order valence-electron chi connectivity index (χ0n) is 12.0. The Balaban J connectivity index is 2.13. The summed E-state index contributed by atoms with van der Waals surface area (Å²) in [6, 6.07) is 8.43. The van der Waals surface area contributed by atoms with Crippen molar-refractivity contribution in [2.75, 3.05) is 26.7 Å². The van der Waals surface area contributed by atoms with Crippen molar-refractivity contribution < 1.29 is 9.47 Å². The quantitative estimate of drug-likeness (QED) is 0.901. The second-order valence-electron chi connectivity index (χ2n) is 5.24. The monoisotopic (exact) mass is 264 g/mol. The Labute approximate surface area is 115 Å². The molecule has 106 valence electrons. The number of ether oxygens (including phenoxy) is 2. The molecule has 0 unspecified atom stereocenters. The lowest BCUT2D eigenvalue weighted by Gasteiger charge is -2.40. The summed E-state index contributed by atoms with van der Waals surface area (Å²) in [6.45, 7) is 6.71. The molecule has 1 fully saturated rings. The van der Waals surface area contributed by atoms with Gasteiger partial charge in [-0.1, -0.05) is 12.1 Å². The Morgan fingerprint density at radius 2 is 1.84 bits per heavy atom. The third kappa shape index (κ3) is 3.47. The normalized spacial score (nSPS) is 26.1. The fraction of sp³-hybridized carbons (Fsp3) is 0.600. The molecule has 2 N–H and O–H groups in total. The zero-order chi connectivity index (χ0) is 13.8. The molecule has 1 aliphatic heterocycles. The van der Waals surface area contributed by atoms with Crippen LogP contribution in [-0.4, -0.2) is 43.9 Å². The van der Waals surface area contributed by atoms with Crippen LogP contribution in [0.1, 0.15) is 25.5 Å². The number of morpholine rings is 1. The molecule has 1 aliphatic rings. The number of hydrogen-bond donors (Lipinski definition) is 1. The Bertz CT molecular complexity index is 384. The molecule has 3 atom stereocenters. The summed E-state index contributed by atoms with van der Waals surface area (Å²) in [5, 5.41) is 0. The fourth-order valence-corrected chi connectivity index (χ4v) is 2.79. The molecule has 0 radical (unpaired) electrons. The van der Waals surface area contributed by atoms with E-state index in [-0.39, 0.29) is 18.2 Å². The summed E-state index contributed by atoms with van der Waals surface area (Å²) in [5.74, 6) is 0.878. The summed E-state index contributed by atoms with van der Waals surface area (Å²) in [5.41, 5.74) is 7.22. The minimum atomic E-state index is 0.250. The maximum absolute atomic E-state index is 5.98. The van der Waals surface area contributed by atoms with E-state index in [0.717, 1.165) is 18.8 Å². The largest absolute Gasteiger partial charge is 0.497 e. The first kappa shape index (κ1) is 14.3. The topological polar surface area (TPSA) is 47.7 Å². The molecule has 0 aliphatic carbocycles. The highest BCUT2D eigenvalue weighted by molar-refractivity contribution is 5.29. The Hall–Kier alpha value is -1.10. The van der Waals surface area contributed by atoms with E-state index in [1.807, 2.05) is 12.1 Å². The average Bonchev–Trinajstić information content (AvgIpc) is 2.39. The van der Waals surface area contributed by atoms with Crippen LogP contribution in [0.15, 0.2) is 24.3 Å². The van der Waals surface area contributed by atoms with Crippen molar-refractivity contribution in [2.45, 2.75) is 32.1 Å². The van der Waals surface area contributed by atoms with Gasteiger partial charge in [0.05, 0.1) is 19.3 Å². The van der Waals surface area contributed by atoms with Gasteiger partial charge in [0.1, 0.15) is 5.75 Å². The summed E-state index contributed by atoms with van der Waals surface area (Å²) >= 11 is 0. The second kappa shape index (κ2) is 6.37. The molecule has 19 heavy (non-hydrogen) atoms. The predicted octanol–water partition coefficient (Wildman–Crippen LogP) is 1.80. The van der Waals surface area contributed by atoms with Crippen LogP contribution >= 0.6 is 0 Å². The van der Waals surface area contributed by atoms with Crippen LogP contribution in [0.5, 0.6) is 5.75 Å². The molecular weight excluding hydrogens is 240 g/mol. The first-order valence-corrected chi connectivity index (χ1v) is 6.87. The summed E-state index contributed by atoms with van der Waals surface area (Å²) < 4.78 is 11.0. The number of benzene rings is 1. The van der Waals surface area contributed by atoms with Crippen molar-refractivity contribution in [1.82, 2.24) is 4.90 Å². The molecule has 0 spiro atoms. The van der Waals surface area contributed by atoms with Crippen molar-refractivity contribution in [3.63, 3.8) is 0 Å². The van der Waals surface area contributed by atoms with E-state index < -0.39 is 0 Å². The van der Waals surface area contributed by atoms with Crippen molar-refractivity contribution >= 4 is 0 Å². The van der Waals surface area contributed by atoms with E-state index in [4.69, 9.17) is 15.2 Å². The summed E-state index contributed by atoms with van der Waals surface area (Å²) in [7, 11) is 1.68. The molecule has 0 bridgehead atoms. The summed E-state index contributed by atoms with van der Waals surface area (Å²) in [4.78, 5) is 2.42. The maximum Gasteiger partial charge on any atom is 0.118 e. The first-order valence-electron chi connectivity index (χ1n) is 6.87. The predicted molar refractivity (Wildman–Crippen MR) is 76.4 cm³/mol. The van der Waals surface area contributed by atoms with Gasteiger partial charge in [-0.05, 0) is 31.5 Å². The lowest BCUT2D eigenvalue weighted by molar-refractivity contribution is -0.0799. The van der Waals surface area contributed by atoms with E-state index in [9.17, 15) is 0 Å². The van der Waals surface area contributed by atoms with Gasteiger partial charge in [-0.2, -0.15) is 0 Å². The van der Waals surface area contributed by atoms with E-state index in [0.29, 0.717) is 6.54 Å². The molecular formula is C15H24N2O2. The number of nitrogens with two attached hydrogens (primary N) is 1. The third-order valence-electron chi connectivity index (χ3n) is 3.61. The smallest absolute Gasteiger partial charge is 0.118 e. The molecule has 2 rings (SSSR count). The van der Waals surface area contributed by atoms with Crippen LogP contribution in [0.4, 0.5) is 0 Å². The van der Waals surface area contributed by atoms with Gasteiger partial charge in [0.25, 0.3) is 0 Å². The Morgan fingerprint density at radius 1 is 1.26 bits per heavy atom. The molecule has 0 amide bonds. The number of nitrogens with zero attached hydrogens (tertiary/aromatic N) is 1. The van der Waals surface area contributed by atoms with Gasteiger partial charge in [-0.25, -0.2) is 0 Å². The zero-order valence-corrected chi connectivity index (χ0v) is 12.0. The van der Waals surface area contributed by atoms with Gasteiger partial charge in [-0.15, -0.1) is 0 Å². The van der Waals surface area contributed by atoms with Gasteiger partial charge in [-0.3, -0.25) is 4.90 Å². The van der Waals surface area contributed by atoms with E-state index >= 15 is 0 Å². The average molecular weight is 264 g/mol. The van der Waals surface area contributed by atoms with Crippen molar-refractivity contribution in [2.24, 2.45) is 5.73 Å². The minimum Gasteiger partial charge on any atom is -0.497 e. The molecule has 0 aromatic heterocycles. The lowest BCUT2D eigenvalue weighted by atomic mass is 10.0. The fourth-order valence-electron chi connectivity index (χ4n) is 2.79. The Kier molecular flexibility index (Phi) is 4.80. The van der Waals surface area contributed by atoms with Crippen molar-refractivity contribution in [1.29, 1.82) is 0 Å². The number of methoxy groups -OCH3 is 1. The van der Waals surface area contributed by atoms with E-state index in [1.165, 1.54) is 5.56 Å². The highest BCUT2D eigenvalue weighted by Crippen LogP contribution is 2.25. The standard InChI is InChI=1S/C15H24N2O2/c1-11-9-17(10-12(2)19-11)15(8-16)13-4-6-14(18-3)7-5-13/h4-7,11-12,15H,8-10,16H2,1-3H3/t11-,12-,15+/m0/s1. The molecule has 4 heteroatoms. The van der Waals surface area contributed by atoms with Crippen molar-refractivity contribution in [3.05, 3.63) is 29.8 Å². The van der Waals surface area contributed by atoms with Crippen LogP contribution in [0, 0.1) is 0 Å². The van der Waals surface area contributed by atoms with E-state index in [1.54, 1.807) is 7.11 Å². The number of hydrogen-bond acceptors (Lipinski definition) is 4. The van der Waals surface area contributed by atoms with Gasteiger partial charge in [0, 0.05) is 25.7 Å². The molecule has 4 nitrogen and oxygen atoms in total. The van der Waals surface area contributed by atoms with Crippen molar-refractivity contribution in [3.8, 4) is 5.75 Å². The van der Waals surface area contributed by atoms with E-state index in [2.05, 4.69) is 30.9 Å². The first-order chi connectivity index (χ1) is 9.13. The lowest BCUT2D eigenvalue weighted by Crippen LogP contribution is -2.48. The van der Waals surface area contributed by atoms with Crippen LogP contribution in [0.3, 0.4) is 0 Å². The molecule has 1 heterocycles. The molecule has 1 aromatic rings. The second-order valence-corrected chi connectivity index (χ2v) is 5.24. The summed E-state index contributed by atoms with van der Waals surface area (Å²) in [6.07, 6.45) is 0.520. The maximum atomic E-state index is 5.98. The number of rotatable bonds is 4. The highest BCUT2D eigenvalue weighted by Gasteiger charge is 2.28. The minimum absolute atomic E-state index is 0.250. The van der Waals surface area contributed by atoms with Crippen LogP contribution in [0.2, 0.25) is 0 Å². The molecule has 1 aromatic carbocycles. The van der Waals surface area contributed by atoms with Gasteiger partial charge >= 0.3 is 0 Å². The third-order valence-corrected chi connectivity index (χ3v) is 3.61. The molecule has 1 saturated heterocycles. The van der Waals surface area contributed by atoms with Gasteiger partial charge in [0.15, 0.2) is 0 Å². The Morgan fingerprint density at radius 3 is 2.32 bits per heavy atom. The molecule has 0 saturated carbocycles.